The monoisotopic (exact) mass is 371 g/mol. The standard InChI is InChI=1S/C19H17NO3S2/c21-15-8-6-14(7-9-15)18-10-11-19(24-18)25(22,23)20-17-12-16(17)13-4-2-1-3-5-13/h1-11,16-17,20-21H,12H2/t16-,17+/m0/s1. The number of phenols is 1. The van der Waals surface area contributed by atoms with E-state index >= 15 is 0 Å². The second kappa shape index (κ2) is 6.29. The van der Waals surface area contributed by atoms with Crippen molar-refractivity contribution < 1.29 is 13.5 Å². The molecule has 0 unspecified atom stereocenters. The first kappa shape index (κ1) is 16.3. The van der Waals surface area contributed by atoms with Crippen LogP contribution in [-0.2, 0) is 10.0 Å². The zero-order valence-corrected chi connectivity index (χ0v) is 14.9. The smallest absolute Gasteiger partial charge is 0.250 e. The van der Waals surface area contributed by atoms with Crippen molar-refractivity contribution in [1.82, 2.24) is 4.72 Å². The van der Waals surface area contributed by atoms with Gasteiger partial charge in [-0.2, -0.15) is 0 Å². The Morgan fingerprint density at radius 2 is 1.68 bits per heavy atom. The summed E-state index contributed by atoms with van der Waals surface area (Å²) in [5.74, 6) is 0.447. The molecule has 0 bridgehead atoms. The number of sulfonamides is 1. The Kier molecular flexibility index (Phi) is 4.11. The molecule has 1 heterocycles. The lowest BCUT2D eigenvalue weighted by Crippen LogP contribution is -2.26. The molecule has 1 fully saturated rings. The van der Waals surface area contributed by atoms with E-state index in [1.54, 1.807) is 36.4 Å². The number of hydrogen-bond donors (Lipinski definition) is 2. The minimum atomic E-state index is -3.51. The molecule has 0 spiro atoms. The van der Waals surface area contributed by atoms with Gasteiger partial charge in [0.2, 0.25) is 10.0 Å². The number of rotatable bonds is 5. The SMILES string of the molecule is O=S(=O)(N[C@@H]1C[C@H]1c1ccccc1)c1ccc(-c2ccc(O)cc2)s1. The van der Waals surface area contributed by atoms with Gasteiger partial charge in [-0.1, -0.05) is 30.3 Å². The Labute approximate surface area is 150 Å². The minimum absolute atomic E-state index is 0.0355. The van der Waals surface area contributed by atoms with E-state index in [1.807, 2.05) is 30.3 Å². The van der Waals surface area contributed by atoms with Gasteiger partial charge in [0.15, 0.2) is 0 Å². The van der Waals surface area contributed by atoms with Crippen molar-refractivity contribution in [3.8, 4) is 16.2 Å². The van der Waals surface area contributed by atoms with Crippen LogP contribution in [0.1, 0.15) is 17.9 Å². The molecule has 3 aromatic rings. The highest BCUT2D eigenvalue weighted by molar-refractivity contribution is 7.91. The summed E-state index contributed by atoms with van der Waals surface area (Å²) in [6, 6.07) is 20.1. The molecule has 25 heavy (non-hydrogen) atoms. The van der Waals surface area contributed by atoms with Crippen LogP contribution < -0.4 is 4.72 Å². The van der Waals surface area contributed by atoms with E-state index in [1.165, 1.54) is 16.9 Å². The van der Waals surface area contributed by atoms with Crippen molar-refractivity contribution in [2.75, 3.05) is 0 Å². The molecule has 2 N–H and O–H groups in total. The molecule has 0 aliphatic heterocycles. The van der Waals surface area contributed by atoms with Gasteiger partial charge in [0, 0.05) is 16.8 Å². The van der Waals surface area contributed by atoms with Crippen molar-refractivity contribution in [2.24, 2.45) is 0 Å². The molecule has 6 heteroatoms. The number of benzene rings is 2. The van der Waals surface area contributed by atoms with E-state index in [9.17, 15) is 13.5 Å². The summed E-state index contributed by atoms with van der Waals surface area (Å²) in [5, 5.41) is 9.36. The van der Waals surface area contributed by atoms with Crippen molar-refractivity contribution in [1.29, 1.82) is 0 Å². The van der Waals surface area contributed by atoms with Crippen LogP contribution in [-0.4, -0.2) is 19.6 Å². The zero-order valence-electron chi connectivity index (χ0n) is 13.3. The van der Waals surface area contributed by atoms with E-state index in [-0.39, 0.29) is 17.7 Å². The lowest BCUT2D eigenvalue weighted by molar-refractivity contribution is 0.475. The Morgan fingerprint density at radius 1 is 0.960 bits per heavy atom. The van der Waals surface area contributed by atoms with E-state index in [2.05, 4.69) is 4.72 Å². The molecule has 2 aromatic carbocycles. The van der Waals surface area contributed by atoms with Gasteiger partial charge in [-0.05, 0) is 53.9 Å². The average Bonchev–Trinajstić information content (AvgIpc) is 3.17. The highest BCUT2D eigenvalue weighted by Crippen LogP contribution is 2.42. The fraction of sp³-hybridized carbons (Fsp3) is 0.158. The molecule has 1 aromatic heterocycles. The van der Waals surface area contributed by atoms with E-state index < -0.39 is 10.0 Å². The first-order chi connectivity index (χ1) is 12.0. The normalized spacial score (nSPS) is 19.7. The number of aromatic hydroxyl groups is 1. The Morgan fingerprint density at radius 3 is 2.40 bits per heavy atom. The lowest BCUT2D eigenvalue weighted by Gasteiger charge is -2.04. The van der Waals surface area contributed by atoms with E-state index in [0.717, 1.165) is 16.9 Å². The van der Waals surface area contributed by atoms with Crippen LogP contribution in [0.5, 0.6) is 5.75 Å². The largest absolute Gasteiger partial charge is 0.508 e. The third kappa shape index (κ3) is 3.46. The first-order valence-electron chi connectivity index (χ1n) is 7.99. The van der Waals surface area contributed by atoms with Crippen LogP contribution in [0.15, 0.2) is 70.9 Å². The minimum Gasteiger partial charge on any atom is -0.508 e. The first-order valence-corrected chi connectivity index (χ1v) is 10.3. The fourth-order valence-electron chi connectivity index (χ4n) is 2.90. The summed E-state index contributed by atoms with van der Waals surface area (Å²) >= 11 is 1.23. The Balaban J connectivity index is 1.49. The van der Waals surface area contributed by atoms with Gasteiger partial charge in [-0.25, -0.2) is 13.1 Å². The summed E-state index contributed by atoms with van der Waals surface area (Å²) in [6.07, 6.45) is 0.833. The van der Waals surface area contributed by atoms with Gasteiger partial charge < -0.3 is 5.11 Å². The number of phenolic OH excluding ortho intramolecular Hbond substituents is 1. The van der Waals surface area contributed by atoms with Crippen LogP contribution in [0.4, 0.5) is 0 Å². The summed E-state index contributed by atoms with van der Waals surface area (Å²) in [5.41, 5.74) is 2.06. The highest BCUT2D eigenvalue weighted by atomic mass is 32.2. The molecular formula is C19H17NO3S2. The predicted octanol–water partition coefficient (Wildman–Crippen LogP) is 3.96. The number of nitrogens with one attached hydrogen (secondary N) is 1. The van der Waals surface area contributed by atoms with E-state index in [4.69, 9.17) is 0 Å². The van der Waals surface area contributed by atoms with Crippen molar-refractivity contribution in [3.05, 3.63) is 72.3 Å². The maximum absolute atomic E-state index is 12.6. The molecule has 0 radical (unpaired) electrons. The molecule has 1 saturated carbocycles. The molecule has 0 amide bonds. The maximum atomic E-state index is 12.6. The van der Waals surface area contributed by atoms with Gasteiger partial charge in [-0.15, -0.1) is 11.3 Å². The van der Waals surface area contributed by atoms with Crippen molar-refractivity contribution in [3.63, 3.8) is 0 Å². The van der Waals surface area contributed by atoms with E-state index in [0.29, 0.717) is 4.21 Å². The summed E-state index contributed by atoms with van der Waals surface area (Å²) in [4.78, 5) is 0.857. The number of thiophene rings is 1. The zero-order chi connectivity index (χ0) is 17.4. The highest BCUT2D eigenvalue weighted by Gasteiger charge is 2.41. The molecule has 4 nitrogen and oxygen atoms in total. The third-order valence-corrected chi connectivity index (χ3v) is 7.44. The van der Waals surface area contributed by atoms with Gasteiger partial charge in [-0.3, -0.25) is 0 Å². The maximum Gasteiger partial charge on any atom is 0.250 e. The van der Waals surface area contributed by atoms with Gasteiger partial charge in [0.05, 0.1) is 0 Å². The van der Waals surface area contributed by atoms with Crippen molar-refractivity contribution in [2.45, 2.75) is 22.6 Å². The molecule has 0 saturated heterocycles. The third-order valence-electron chi connectivity index (χ3n) is 4.32. The predicted molar refractivity (Wildman–Crippen MR) is 99.3 cm³/mol. The second-order valence-electron chi connectivity index (χ2n) is 6.15. The lowest BCUT2D eigenvalue weighted by atomic mass is 10.1. The van der Waals surface area contributed by atoms with Crippen LogP contribution in [0.25, 0.3) is 10.4 Å². The molecule has 128 valence electrons. The molecule has 1 aliphatic rings. The summed E-state index contributed by atoms with van der Waals surface area (Å²) in [7, 11) is -3.51. The number of hydrogen-bond acceptors (Lipinski definition) is 4. The molecule has 4 rings (SSSR count). The average molecular weight is 371 g/mol. The van der Waals surface area contributed by atoms with Crippen LogP contribution in [0, 0.1) is 0 Å². The van der Waals surface area contributed by atoms with Crippen molar-refractivity contribution >= 4 is 21.4 Å². The fourth-order valence-corrected chi connectivity index (χ4v) is 5.51. The van der Waals surface area contributed by atoms with Crippen LogP contribution >= 0.6 is 11.3 Å². The Bertz CT molecular complexity index is 979. The quantitative estimate of drug-likeness (QED) is 0.713. The van der Waals surface area contributed by atoms with Crippen LogP contribution in [0.3, 0.4) is 0 Å². The Hall–Kier alpha value is -2.15. The topological polar surface area (TPSA) is 66.4 Å². The van der Waals surface area contributed by atoms with Crippen LogP contribution in [0.2, 0.25) is 0 Å². The molecule has 2 atom stereocenters. The van der Waals surface area contributed by atoms with Gasteiger partial charge in [0.25, 0.3) is 0 Å². The van der Waals surface area contributed by atoms with Gasteiger partial charge >= 0.3 is 0 Å². The summed E-state index contributed by atoms with van der Waals surface area (Å²) < 4.78 is 28.4. The molecule has 1 aliphatic carbocycles. The van der Waals surface area contributed by atoms with Gasteiger partial charge in [0.1, 0.15) is 9.96 Å². The molecular weight excluding hydrogens is 354 g/mol. The second-order valence-corrected chi connectivity index (χ2v) is 9.17. The summed E-state index contributed by atoms with van der Waals surface area (Å²) in [6.45, 7) is 0.